The molecule has 0 saturated carbocycles. The molecule has 0 radical (unpaired) electrons. The number of β-amino-alcohol motifs (C(OH)–C–C–N with tert-alkyl or cyclic N) is 1. The Morgan fingerprint density at radius 3 is 2.71 bits per heavy atom. The molecule has 1 aromatic heterocycles. The molecule has 0 amide bonds. The third-order valence-electron chi connectivity index (χ3n) is 3.29. The van der Waals surface area contributed by atoms with E-state index < -0.39 is 6.10 Å². The van der Waals surface area contributed by atoms with Crippen LogP contribution in [0, 0.1) is 6.92 Å². The summed E-state index contributed by atoms with van der Waals surface area (Å²) in [6, 6.07) is 9.55. The van der Waals surface area contributed by atoms with Crippen LogP contribution in [0.1, 0.15) is 37.8 Å². The first-order valence-electron chi connectivity index (χ1n) is 8.10. The van der Waals surface area contributed by atoms with Crippen molar-refractivity contribution in [3.05, 3.63) is 47.3 Å². The van der Waals surface area contributed by atoms with Crippen molar-refractivity contribution in [3.63, 3.8) is 0 Å². The van der Waals surface area contributed by atoms with Gasteiger partial charge in [-0.2, -0.15) is 0 Å². The minimum atomic E-state index is -0.571. The third-order valence-corrected chi connectivity index (χ3v) is 3.29. The lowest BCUT2D eigenvalue weighted by molar-refractivity contribution is 0.0999. The first kappa shape index (κ1) is 18.2. The van der Waals surface area contributed by atoms with Crippen molar-refractivity contribution in [2.24, 2.45) is 0 Å². The number of aromatic nitrogens is 1. The Bertz CT molecular complexity index is 671. The maximum Gasteiger partial charge on any atom is 0.159 e. The molecule has 0 fully saturated rings. The van der Waals surface area contributed by atoms with Gasteiger partial charge >= 0.3 is 0 Å². The highest BCUT2D eigenvalue weighted by molar-refractivity contribution is 5.70. The van der Waals surface area contributed by atoms with Crippen molar-refractivity contribution < 1.29 is 14.4 Å². The van der Waals surface area contributed by atoms with Crippen LogP contribution in [0.2, 0.25) is 0 Å². The fraction of sp³-hybridized carbons (Fsp3) is 0.421. The van der Waals surface area contributed by atoms with Crippen LogP contribution < -0.4 is 10.1 Å². The summed E-state index contributed by atoms with van der Waals surface area (Å²) in [5.41, 5.74) is 1.73. The number of benzene rings is 1. The lowest BCUT2D eigenvalue weighted by Gasteiger charge is -2.23. The fourth-order valence-corrected chi connectivity index (χ4v) is 2.05. The van der Waals surface area contributed by atoms with Crippen LogP contribution in [-0.4, -0.2) is 35.1 Å². The predicted octanol–water partition coefficient (Wildman–Crippen LogP) is 3.28. The van der Waals surface area contributed by atoms with Gasteiger partial charge in [-0.05, 0) is 45.9 Å². The number of aliphatic hydroxyl groups excluding tert-OH is 1. The molecule has 0 aliphatic rings. The molecular formula is C19H26N2O3. The van der Waals surface area contributed by atoms with Crippen LogP contribution >= 0.6 is 0 Å². The summed E-state index contributed by atoms with van der Waals surface area (Å²) in [7, 11) is 0. The van der Waals surface area contributed by atoms with Gasteiger partial charge in [0.2, 0.25) is 0 Å². The molecule has 1 atom stereocenters. The van der Waals surface area contributed by atoms with Crippen molar-refractivity contribution in [3.8, 4) is 5.75 Å². The van der Waals surface area contributed by atoms with Gasteiger partial charge in [-0.25, -0.2) is 0 Å². The Balaban J connectivity index is 1.95. The quantitative estimate of drug-likeness (QED) is 0.815. The van der Waals surface area contributed by atoms with Crippen molar-refractivity contribution in [2.75, 3.05) is 13.2 Å². The smallest absolute Gasteiger partial charge is 0.159 e. The molecule has 0 aliphatic heterocycles. The van der Waals surface area contributed by atoms with Gasteiger partial charge in [0, 0.05) is 23.7 Å². The number of rotatable bonds is 7. The minimum absolute atomic E-state index is 0.0309. The van der Waals surface area contributed by atoms with Crippen LogP contribution in [-0.2, 0) is 0 Å². The number of hydrogen-bond acceptors (Lipinski definition) is 5. The number of aryl methyl sites for hydroxylation is 1. The lowest BCUT2D eigenvalue weighted by atomic mass is 10.1. The van der Waals surface area contributed by atoms with E-state index in [1.165, 1.54) is 0 Å². The van der Waals surface area contributed by atoms with Gasteiger partial charge in [0.15, 0.2) is 5.76 Å². The molecule has 0 bridgehead atoms. The number of nitrogens with one attached hydrogen (secondary N) is 1. The van der Waals surface area contributed by atoms with Crippen molar-refractivity contribution >= 4 is 12.2 Å². The molecule has 0 aliphatic carbocycles. The second kappa shape index (κ2) is 8.13. The Hall–Kier alpha value is -2.11. The predicted molar refractivity (Wildman–Crippen MR) is 95.9 cm³/mol. The van der Waals surface area contributed by atoms with Gasteiger partial charge in [-0.3, -0.25) is 0 Å². The molecule has 2 aromatic rings. The second-order valence-corrected chi connectivity index (χ2v) is 6.84. The number of para-hydroxylation sites is 1. The van der Waals surface area contributed by atoms with Crippen molar-refractivity contribution in [1.29, 1.82) is 0 Å². The van der Waals surface area contributed by atoms with E-state index in [0.717, 1.165) is 17.0 Å². The maximum atomic E-state index is 10.0. The van der Waals surface area contributed by atoms with Crippen molar-refractivity contribution in [1.82, 2.24) is 10.5 Å². The molecule has 2 rings (SSSR count). The van der Waals surface area contributed by atoms with Crippen LogP contribution in [0.3, 0.4) is 0 Å². The molecule has 5 nitrogen and oxygen atoms in total. The molecule has 5 heteroatoms. The standard InChI is InChI=1S/C19H26N2O3/c1-14-11-17(24-21-14)10-9-15-7-5-6-8-18(15)23-13-16(22)12-20-19(2,3)4/h5-11,16,20,22H,12-13H2,1-4H3/b10-9+/t16-/m1/s1. The molecule has 130 valence electrons. The highest BCUT2D eigenvalue weighted by Gasteiger charge is 2.13. The molecule has 24 heavy (non-hydrogen) atoms. The lowest BCUT2D eigenvalue weighted by Crippen LogP contribution is -2.42. The largest absolute Gasteiger partial charge is 0.490 e. The molecule has 2 N–H and O–H groups in total. The van der Waals surface area contributed by atoms with Gasteiger partial charge < -0.3 is 19.7 Å². The Morgan fingerprint density at radius 2 is 2.04 bits per heavy atom. The van der Waals surface area contributed by atoms with E-state index in [0.29, 0.717) is 12.3 Å². The summed E-state index contributed by atoms with van der Waals surface area (Å²) in [4.78, 5) is 0. The van der Waals surface area contributed by atoms with E-state index in [1.54, 1.807) is 0 Å². The summed E-state index contributed by atoms with van der Waals surface area (Å²) >= 11 is 0. The van der Waals surface area contributed by atoms with Gasteiger partial charge in [0.25, 0.3) is 0 Å². The maximum absolute atomic E-state index is 10.0. The molecule has 1 aromatic carbocycles. The first-order valence-corrected chi connectivity index (χ1v) is 8.10. The van der Waals surface area contributed by atoms with E-state index in [2.05, 4.69) is 31.2 Å². The van der Waals surface area contributed by atoms with Crippen LogP contribution in [0.25, 0.3) is 12.2 Å². The van der Waals surface area contributed by atoms with Gasteiger partial charge in [-0.1, -0.05) is 23.4 Å². The SMILES string of the molecule is Cc1cc(/C=C/c2ccccc2OC[C@H](O)CNC(C)(C)C)on1. The zero-order valence-electron chi connectivity index (χ0n) is 14.7. The third kappa shape index (κ3) is 6.18. The van der Waals surface area contributed by atoms with E-state index >= 15 is 0 Å². The van der Waals surface area contributed by atoms with E-state index in [9.17, 15) is 5.11 Å². The summed E-state index contributed by atoms with van der Waals surface area (Å²) < 4.78 is 10.9. The highest BCUT2D eigenvalue weighted by Crippen LogP contribution is 2.21. The molecule has 0 unspecified atom stereocenters. The van der Waals surface area contributed by atoms with E-state index in [-0.39, 0.29) is 12.1 Å². The average molecular weight is 330 g/mol. The van der Waals surface area contributed by atoms with E-state index in [4.69, 9.17) is 9.26 Å². The Kier molecular flexibility index (Phi) is 6.17. The van der Waals surface area contributed by atoms with Crippen LogP contribution in [0.5, 0.6) is 5.75 Å². The number of aliphatic hydroxyl groups is 1. The summed E-state index contributed by atoms with van der Waals surface area (Å²) in [6.45, 7) is 8.78. The Labute approximate surface area is 143 Å². The average Bonchev–Trinajstić information content (AvgIpc) is 2.94. The summed E-state index contributed by atoms with van der Waals surface area (Å²) in [5, 5.41) is 17.2. The first-order chi connectivity index (χ1) is 11.3. The molecule has 1 heterocycles. The monoisotopic (exact) mass is 330 g/mol. The van der Waals surface area contributed by atoms with Crippen LogP contribution in [0.4, 0.5) is 0 Å². The van der Waals surface area contributed by atoms with Gasteiger partial charge in [0.05, 0.1) is 5.69 Å². The number of hydrogen-bond donors (Lipinski definition) is 2. The molecular weight excluding hydrogens is 304 g/mol. The van der Waals surface area contributed by atoms with Gasteiger partial charge in [-0.15, -0.1) is 0 Å². The molecule has 0 saturated heterocycles. The minimum Gasteiger partial charge on any atom is -0.490 e. The number of nitrogens with zero attached hydrogens (tertiary/aromatic N) is 1. The highest BCUT2D eigenvalue weighted by atomic mass is 16.5. The zero-order chi connectivity index (χ0) is 17.6. The fourth-order valence-electron chi connectivity index (χ4n) is 2.05. The zero-order valence-corrected chi connectivity index (χ0v) is 14.7. The normalized spacial score (nSPS) is 13.4. The molecule has 0 spiro atoms. The topological polar surface area (TPSA) is 67.5 Å². The Morgan fingerprint density at radius 1 is 1.29 bits per heavy atom. The van der Waals surface area contributed by atoms with E-state index in [1.807, 2.05) is 49.4 Å². The van der Waals surface area contributed by atoms with Crippen LogP contribution in [0.15, 0.2) is 34.9 Å². The van der Waals surface area contributed by atoms with Gasteiger partial charge in [0.1, 0.15) is 18.5 Å². The second-order valence-electron chi connectivity index (χ2n) is 6.84. The summed E-state index contributed by atoms with van der Waals surface area (Å²) in [6.07, 6.45) is 3.19. The van der Waals surface area contributed by atoms with Crippen molar-refractivity contribution in [2.45, 2.75) is 39.3 Å². The number of ether oxygens (including phenoxy) is 1. The summed E-state index contributed by atoms with van der Waals surface area (Å²) in [5.74, 6) is 1.41.